The van der Waals surface area contributed by atoms with Crippen molar-refractivity contribution in [2.45, 2.75) is 51.7 Å². The van der Waals surface area contributed by atoms with Gasteiger partial charge in [0.05, 0.1) is 6.10 Å². The number of carboxylic acids is 1. The Hall–Kier alpha value is -0.610. The lowest BCUT2D eigenvalue weighted by Crippen LogP contribution is -2.35. The van der Waals surface area contributed by atoms with Gasteiger partial charge in [-0.25, -0.2) is 4.79 Å². The van der Waals surface area contributed by atoms with E-state index < -0.39 is 12.1 Å². The van der Waals surface area contributed by atoms with Gasteiger partial charge in [-0.2, -0.15) is 0 Å². The van der Waals surface area contributed by atoms with Gasteiger partial charge in [-0.05, 0) is 44.1 Å². The number of carbonyl (C=O) groups is 1. The van der Waals surface area contributed by atoms with Crippen molar-refractivity contribution in [1.29, 1.82) is 0 Å². The first-order valence-corrected chi connectivity index (χ1v) is 6.13. The van der Waals surface area contributed by atoms with Crippen molar-refractivity contribution in [3.8, 4) is 0 Å². The SMILES string of the molecule is CC1CCC(OC(CCN)C(=O)O)CC1C. The van der Waals surface area contributed by atoms with Crippen LogP contribution in [0.25, 0.3) is 0 Å². The first-order chi connectivity index (χ1) is 7.54. The van der Waals surface area contributed by atoms with Crippen LogP contribution in [0.3, 0.4) is 0 Å². The van der Waals surface area contributed by atoms with Crippen LogP contribution in [0.15, 0.2) is 0 Å². The number of aliphatic carboxylic acids is 1. The van der Waals surface area contributed by atoms with Crippen LogP contribution >= 0.6 is 0 Å². The lowest BCUT2D eigenvalue weighted by atomic mass is 9.80. The zero-order valence-electron chi connectivity index (χ0n) is 10.2. The molecule has 94 valence electrons. The molecule has 4 unspecified atom stereocenters. The van der Waals surface area contributed by atoms with Gasteiger partial charge in [0, 0.05) is 0 Å². The van der Waals surface area contributed by atoms with Gasteiger partial charge in [-0.1, -0.05) is 13.8 Å². The Morgan fingerprint density at radius 3 is 2.62 bits per heavy atom. The molecule has 0 spiro atoms. The minimum atomic E-state index is -0.892. The van der Waals surface area contributed by atoms with Gasteiger partial charge in [0.15, 0.2) is 6.10 Å². The third-order valence-corrected chi connectivity index (χ3v) is 3.61. The highest BCUT2D eigenvalue weighted by atomic mass is 16.5. The molecule has 0 aromatic heterocycles. The molecule has 0 aliphatic heterocycles. The third-order valence-electron chi connectivity index (χ3n) is 3.61. The van der Waals surface area contributed by atoms with Crippen LogP contribution in [0.1, 0.15) is 39.5 Å². The molecule has 1 fully saturated rings. The van der Waals surface area contributed by atoms with Crippen LogP contribution in [-0.2, 0) is 9.53 Å². The average Bonchev–Trinajstić information content (AvgIpc) is 2.22. The van der Waals surface area contributed by atoms with Crippen LogP contribution in [0, 0.1) is 11.8 Å². The van der Waals surface area contributed by atoms with Gasteiger partial charge in [-0.3, -0.25) is 0 Å². The molecule has 0 aromatic rings. The Bertz CT molecular complexity index is 232. The predicted molar refractivity (Wildman–Crippen MR) is 62.1 cm³/mol. The molecule has 0 aromatic carbocycles. The number of rotatable bonds is 5. The molecule has 16 heavy (non-hydrogen) atoms. The smallest absolute Gasteiger partial charge is 0.332 e. The molecule has 1 rings (SSSR count). The van der Waals surface area contributed by atoms with Crippen molar-refractivity contribution >= 4 is 5.97 Å². The highest BCUT2D eigenvalue weighted by Crippen LogP contribution is 2.31. The van der Waals surface area contributed by atoms with Crippen LogP contribution in [0.5, 0.6) is 0 Å². The summed E-state index contributed by atoms with van der Waals surface area (Å²) in [5, 5.41) is 8.97. The maximum atomic E-state index is 10.9. The molecule has 1 aliphatic rings. The van der Waals surface area contributed by atoms with Crippen molar-refractivity contribution in [2.75, 3.05) is 6.54 Å². The molecule has 4 nitrogen and oxygen atoms in total. The molecular weight excluding hydrogens is 206 g/mol. The average molecular weight is 229 g/mol. The summed E-state index contributed by atoms with van der Waals surface area (Å²) in [6.07, 6.45) is 2.83. The fourth-order valence-electron chi connectivity index (χ4n) is 2.26. The lowest BCUT2D eigenvalue weighted by molar-refractivity contribution is -0.157. The molecule has 0 radical (unpaired) electrons. The second kappa shape index (κ2) is 6.21. The highest BCUT2D eigenvalue weighted by molar-refractivity contribution is 5.72. The molecule has 0 heterocycles. The Morgan fingerprint density at radius 2 is 2.12 bits per heavy atom. The topological polar surface area (TPSA) is 72.5 Å². The summed E-state index contributed by atoms with van der Waals surface area (Å²) in [7, 11) is 0. The van der Waals surface area contributed by atoms with Crippen molar-refractivity contribution in [1.82, 2.24) is 0 Å². The van der Waals surface area contributed by atoms with Crippen molar-refractivity contribution in [3.05, 3.63) is 0 Å². The second-order valence-electron chi connectivity index (χ2n) is 4.93. The monoisotopic (exact) mass is 229 g/mol. The molecule has 3 N–H and O–H groups in total. The first-order valence-electron chi connectivity index (χ1n) is 6.13. The first kappa shape index (κ1) is 13.5. The number of hydrogen-bond donors (Lipinski definition) is 2. The summed E-state index contributed by atoms with van der Waals surface area (Å²) in [5.41, 5.74) is 5.38. The van der Waals surface area contributed by atoms with E-state index in [4.69, 9.17) is 15.6 Å². The van der Waals surface area contributed by atoms with Crippen molar-refractivity contribution < 1.29 is 14.6 Å². The molecule has 4 heteroatoms. The van der Waals surface area contributed by atoms with Gasteiger partial charge in [-0.15, -0.1) is 0 Å². The van der Waals surface area contributed by atoms with Crippen molar-refractivity contribution in [2.24, 2.45) is 17.6 Å². The van der Waals surface area contributed by atoms with E-state index in [1.165, 1.54) is 0 Å². The molecule has 0 amide bonds. The van der Waals surface area contributed by atoms with Crippen LogP contribution in [0.4, 0.5) is 0 Å². The van der Waals surface area contributed by atoms with Crippen LogP contribution in [0.2, 0.25) is 0 Å². The van der Waals surface area contributed by atoms with Crippen LogP contribution in [-0.4, -0.2) is 29.8 Å². The molecule has 1 saturated carbocycles. The summed E-state index contributed by atoms with van der Waals surface area (Å²) < 4.78 is 5.63. The number of ether oxygens (including phenoxy) is 1. The third kappa shape index (κ3) is 3.76. The summed E-state index contributed by atoms with van der Waals surface area (Å²) in [6.45, 7) is 4.81. The Morgan fingerprint density at radius 1 is 1.44 bits per heavy atom. The fraction of sp³-hybridized carbons (Fsp3) is 0.917. The summed E-state index contributed by atoms with van der Waals surface area (Å²) in [6, 6.07) is 0. The molecule has 0 bridgehead atoms. The van der Waals surface area contributed by atoms with E-state index in [1.807, 2.05) is 0 Å². The Kier molecular flexibility index (Phi) is 5.22. The fourth-order valence-corrected chi connectivity index (χ4v) is 2.26. The van der Waals surface area contributed by atoms with E-state index >= 15 is 0 Å². The summed E-state index contributed by atoms with van der Waals surface area (Å²) >= 11 is 0. The zero-order valence-corrected chi connectivity index (χ0v) is 10.2. The van der Waals surface area contributed by atoms with Gasteiger partial charge in [0.1, 0.15) is 0 Å². The standard InChI is InChI=1S/C12H23NO3/c1-8-3-4-10(7-9(8)2)16-11(5-6-13)12(14)15/h8-11H,3-7,13H2,1-2H3,(H,14,15). The largest absolute Gasteiger partial charge is 0.479 e. The number of carboxylic acid groups (broad SMARTS) is 1. The maximum absolute atomic E-state index is 10.9. The van der Waals surface area contributed by atoms with Gasteiger partial charge >= 0.3 is 5.97 Å². The van der Waals surface area contributed by atoms with E-state index in [2.05, 4.69) is 13.8 Å². The molecule has 0 saturated heterocycles. The predicted octanol–water partition coefficient (Wildman–Crippen LogP) is 1.63. The Labute approximate surface area is 97.2 Å². The Balaban J connectivity index is 2.43. The number of nitrogens with two attached hydrogens (primary N) is 1. The maximum Gasteiger partial charge on any atom is 0.332 e. The summed E-state index contributed by atoms with van der Waals surface area (Å²) in [4.78, 5) is 10.9. The molecule has 1 aliphatic carbocycles. The van der Waals surface area contributed by atoms with E-state index in [1.54, 1.807) is 0 Å². The second-order valence-corrected chi connectivity index (χ2v) is 4.93. The zero-order chi connectivity index (χ0) is 12.1. The van der Waals surface area contributed by atoms with Gasteiger partial charge < -0.3 is 15.6 Å². The van der Waals surface area contributed by atoms with Gasteiger partial charge in [0.2, 0.25) is 0 Å². The minimum absolute atomic E-state index is 0.0962. The minimum Gasteiger partial charge on any atom is -0.479 e. The van der Waals surface area contributed by atoms with Crippen LogP contribution < -0.4 is 5.73 Å². The summed E-state index contributed by atoms with van der Waals surface area (Å²) in [5.74, 6) is 0.445. The van der Waals surface area contributed by atoms with Gasteiger partial charge in [0.25, 0.3) is 0 Å². The van der Waals surface area contributed by atoms with E-state index in [0.717, 1.165) is 25.2 Å². The normalized spacial score (nSPS) is 32.3. The van der Waals surface area contributed by atoms with E-state index in [0.29, 0.717) is 18.9 Å². The lowest BCUT2D eigenvalue weighted by Gasteiger charge is -2.33. The molecular formula is C12H23NO3. The van der Waals surface area contributed by atoms with Crippen molar-refractivity contribution in [3.63, 3.8) is 0 Å². The van der Waals surface area contributed by atoms with E-state index in [9.17, 15) is 4.79 Å². The highest BCUT2D eigenvalue weighted by Gasteiger charge is 2.29. The molecule has 4 atom stereocenters. The van der Waals surface area contributed by atoms with E-state index in [-0.39, 0.29) is 6.10 Å². The number of hydrogen-bond acceptors (Lipinski definition) is 3. The quantitative estimate of drug-likeness (QED) is 0.751.